The lowest BCUT2D eigenvalue weighted by Crippen LogP contribution is -2.33. The van der Waals surface area contributed by atoms with Gasteiger partial charge in [-0.2, -0.15) is 0 Å². The quantitative estimate of drug-likeness (QED) is 0.665. The number of rotatable bonds is 7. The van der Waals surface area contributed by atoms with Crippen molar-refractivity contribution in [1.82, 2.24) is 5.32 Å². The molecule has 2 unspecified atom stereocenters. The maximum absolute atomic E-state index is 11.8. The number of hydrogen-bond donors (Lipinski definition) is 3. The van der Waals surface area contributed by atoms with E-state index in [0.717, 1.165) is 5.56 Å². The number of nitrogen functional groups attached to an aromatic ring is 1. The number of carboxylic acids is 1. The van der Waals surface area contributed by atoms with Crippen LogP contribution < -0.4 is 11.1 Å². The zero-order valence-corrected chi connectivity index (χ0v) is 11.9. The monoisotopic (exact) mass is 278 g/mol. The number of benzene rings is 1. The molecule has 110 valence electrons. The Morgan fingerprint density at radius 1 is 1.30 bits per heavy atom. The zero-order chi connectivity index (χ0) is 15.1. The number of hydrogen-bond acceptors (Lipinski definition) is 3. The number of aliphatic carboxylic acids is 1. The van der Waals surface area contributed by atoms with E-state index in [4.69, 9.17) is 10.8 Å². The molecule has 5 nitrogen and oxygen atoms in total. The highest BCUT2D eigenvalue weighted by Crippen LogP contribution is 2.19. The Bertz CT molecular complexity index is 457. The van der Waals surface area contributed by atoms with Gasteiger partial charge in [0.15, 0.2) is 0 Å². The summed E-state index contributed by atoms with van der Waals surface area (Å²) in [5, 5.41) is 11.6. The van der Waals surface area contributed by atoms with Crippen LogP contribution in [0.5, 0.6) is 0 Å². The van der Waals surface area contributed by atoms with Crippen molar-refractivity contribution in [3.63, 3.8) is 0 Å². The van der Waals surface area contributed by atoms with E-state index >= 15 is 0 Å². The van der Waals surface area contributed by atoms with E-state index in [-0.39, 0.29) is 18.4 Å². The lowest BCUT2D eigenvalue weighted by atomic mass is 9.97. The van der Waals surface area contributed by atoms with Crippen LogP contribution in [0.25, 0.3) is 0 Å². The van der Waals surface area contributed by atoms with E-state index in [0.29, 0.717) is 18.5 Å². The van der Waals surface area contributed by atoms with Crippen molar-refractivity contribution < 1.29 is 14.7 Å². The normalized spacial score (nSPS) is 13.5. The minimum Gasteiger partial charge on any atom is -0.481 e. The summed E-state index contributed by atoms with van der Waals surface area (Å²) in [5.74, 6) is -1.46. The van der Waals surface area contributed by atoms with Gasteiger partial charge < -0.3 is 16.2 Å². The third-order valence-electron chi connectivity index (χ3n) is 3.38. The Kier molecular flexibility index (Phi) is 6.03. The molecule has 0 heterocycles. The fourth-order valence-corrected chi connectivity index (χ4v) is 1.94. The molecule has 0 saturated carbocycles. The van der Waals surface area contributed by atoms with Crippen LogP contribution in [0, 0.1) is 5.92 Å². The Hall–Kier alpha value is -2.04. The first kappa shape index (κ1) is 16.0. The van der Waals surface area contributed by atoms with Crippen molar-refractivity contribution in [3.05, 3.63) is 29.8 Å². The lowest BCUT2D eigenvalue weighted by Gasteiger charge is -2.14. The van der Waals surface area contributed by atoms with Crippen LogP contribution in [0.4, 0.5) is 5.69 Å². The van der Waals surface area contributed by atoms with Crippen molar-refractivity contribution in [3.8, 4) is 0 Å². The van der Waals surface area contributed by atoms with Crippen molar-refractivity contribution in [1.29, 1.82) is 0 Å². The van der Waals surface area contributed by atoms with Crippen molar-refractivity contribution in [2.45, 2.75) is 32.6 Å². The number of amides is 1. The van der Waals surface area contributed by atoms with E-state index in [1.165, 1.54) is 0 Å². The first-order chi connectivity index (χ1) is 9.43. The summed E-state index contributed by atoms with van der Waals surface area (Å²) in [7, 11) is 0. The fraction of sp³-hybridized carbons (Fsp3) is 0.467. The molecule has 0 radical (unpaired) electrons. The van der Waals surface area contributed by atoms with Gasteiger partial charge in [0, 0.05) is 18.7 Å². The van der Waals surface area contributed by atoms with E-state index in [1.807, 2.05) is 19.1 Å². The molecule has 0 fully saturated rings. The number of carbonyl (C=O) groups is 2. The highest BCUT2D eigenvalue weighted by Gasteiger charge is 2.17. The molecular weight excluding hydrogens is 256 g/mol. The number of carboxylic acid groups (broad SMARTS) is 1. The highest BCUT2D eigenvalue weighted by molar-refractivity contribution is 5.78. The molecule has 0 saturated heterocycles. The molecule has 0 aliphatic carbocycles. The smallest absolute Gasteiger partial charge is 0.308 e. The summed E-state index contributed by atoms with van der Waals surface area (Å²) in [6, 6.07) is 7.42. The Morgan fingerprint density at radius 2 is 1.90 bits per heavy atom. The van der Waals surface area contributed by atoms with Gasteiger partial charge in [-0.25, -0.2) is 0 Å². The predicted octanol–water partition coefficient (Wildman–Crippen LogP) is 1.99. The summed E-state index contributed by atoms with van der Waals surface area (Å²) >= 11 is 0. The maximum Gasteiger partial charge on any atom is 0.308 e. The van der Waals surface area contributed by atoms with Crippen LogP contribution in [0.2, 0.25) is 0 Å². The summed E-state index contributed by atoms with van der Waals surface area (Å²) in [5.41, 5.74) is 7.35. The van der Waals surface area contributed by atoms with Crippen LogP contribution in [-0.4, -0.2) is 23.5 Å². The molecule has 20 heavy (non-hydrogen) atoms. The van der Waals surface area contributed by atoms with Crippen molar-refractivity contribution in [2.24, 2.45) is 5.92 Å². The lowest BCUT2D eigenvalue weighted by molar-refractivity contribution is -0.141. The number of carbonyl (C=O) groups excluding carboxylic acids is 1. The molecule has 0 spiro atoms. The van der Waals surface area contributed by atoms with Gasteiger partial charge in [-0.3, -0.25) is 9.59 Å². The van der Waals surface area contributed by atoms with Gasteiger partial charge in [0.2, 0.25) is 5.91 Å². The first-order valence-electron chi connectivity index (χ1n) is 6.79. The zero-order valence-electron chi connectivity index (χ0n) is 11.9. The number of anilines is 1. The Labute approximate surface area is 119 Å². The van der Waals surface area contributed by atoms with E-state index in [2.05, 4.69) is 5.32 Å². The van der Waals surface area contributed by atoms with Gasteiger partial charge in [-0.1, -0.05) is 26.0 Å². The molecule has 0 aliphatic heterocycles. The molecule has 5 heteroatoms. The number of nitrogens with two attached hydrogens (primary N) is 1. The second kappa shape index (κ2) is 7.53. The molecule has 1 aromatic rings. The number of nitrogens with one attached hydrogen (secondary N) is 1. The summed E-state index contributed by atoms with van der Waals surface area (Å²) < 4.78 is 0. The van der Waals surface area contributed by atoms with Gasteiger partial charge in [0.1, 0.15) is 0 Å². The predicted molar refractivity (Wildman–Crippen MR) is 78.3 cm³/mol. The molecule has 0 aromatic heterocycles. The SMILES string of the molecule is CCC(CNC(=O)CC(C)c1ccc(N)cc1)C(=O)O. The molecule has 4 N–H and O–H groups in total. The minimum absolute atomic E-state index is 0.0699. The highest BCUT2D eigenvalue weighted by atomic mass is 16.4. The topological polar surface area (TPSA) is 92.4 Å². The standard InChI is InChI=1S/C15H22N2O3/c1-3-11(15(19)20)9-17-14(18)8-10(2)12-4-6-13(16)7-5-12/h4-7,10-11H,3,8-9,16H2,1-2H3,(H,17,18)(H,19,20). The average Bonchev–Trinajstić information content (AvgIpc) is 2.39. The van der Waals surface area contributed by atoms with Crippen LogP contribution >= 0.6 is 0 Å². The second-order valence-electron chi connectivity index (χ2n) is 5.02. The summed E-state index contributed by atoms with van der Waals surface area (Å²) in [6.07, 6.45) is 0.836. The fourth-order valence-electron chi connectivity index (χ4n) is 1.94. The van der Waals surface area contributed by atoms with E-state index in [1.54, 1.807) is 19.1 Å². The van der Waals surface area contributed by atoms with Crippen molar-refractivity contribution in [2.75, 3.05) is 12.3 Å². The maximum atomic E-state index is 11.8. The molecular formula is C15H22N2O3. The van der Waals surface area contributed by atoms with Crippen LogP contribution in [0.1, 0.15) is 38.2 Å². The van der Waals surface area contributed by atoms with Gasteiger partial charge in [0.25, 0.3) is 0 Å². The molecule has 2 atom stereocenters. The minimum atomic E-state index is -0.876. The molecule has 1 aromatic carbocycles. The Morgan fingerprint density at radius 3 is 2.40 bits per heavy atom. The van der Waals surface area contributed by atoms with E-state index < -0.39 is 11.9 Å². The molecule has 0 aliphatic rings. The molecule has 1 amide bonds. The second-order valence-corrected chi connectivity index (χ2v) is 5.02. The van der Waals surface area contributed by atoms with Gasteiger partial charge in [-0.05, 0) is 30.0 Å². The van der Waals surface area contributed by atoms with Crippen LogP contribution in [0.3, 0.4) is 0 Å². The average molecular weight is 278 g/mol. The van der Waals surface area contributed by atoms with Crippen LogP contribution in [0.15, 0.2) is 24.3 Å². The van der Waals surface area contributed by atoms with Crippen LogP contribution in [-0.2, 0) is 9.59 Å². The largest absolute Gasteiger partial charge is 0.481 e. The van der Waals surface area contributed by atoms with Gasteiger partial charge >= 0.3 is 5.97 Å². The third-order valence-corrected chi connectivity index (χ3v) is 3.38. The van der Waals surface area contributed by atoms with Gasteiger partial charge in [-0.15, -0.1) is 0 Å². The Balaban J connectivity index is 2.45. The summed E-state index contributed by atoms with van der Waals surface area (Å²) in [6.45, 7) is 3.93. The molecule has 1 rings (SSSR count). The third kappa shape index (κ3) is 4.91. The first-order valence-corrected chi connectivity index (χ1v) is 6.79. The molecule has 0 bridgehead atoms. The summed E-state index contributed by atoms with van der Waals surface area (Å²) in [4.78, 5) is 22.7. The van der Waals surface area contributed by atoms with E-state index in [9.17, 15) is 9.59 Å². The van der Waals surface area contributed by atoms with Crippen molar-refractivity contribution >= 4 is 17.6 Å². The van der Waals surface area contributed by atoms with Gasteiger partial charge in [0.05, 0.1) is 5.92 Å².